The molecular weight excluding hydrogens is 330 g/mol. The summed E-state index contributed by atoms with van der Waals surface area (Å²) in [6.45, 7) is 0. The minimum Gasteiger partial charge on any atom is -0.421 e. The highest BCUT2D eigenvalue weighted by molar-refractivity contribution is 6.34. The number of nitrogens with zero attached hydrogens (tertiary/aromatic N) is 1. The summed E-state index contributed by atoms with van der Waals surface area (Å²) in [5.74, 6) is -1.28. The lowest BCUT2D eigenvalue weighted by molar-refractivity contribution is 0.0731. The minimum atomic E-state index is -0.561. The first-order valence-corrected chi connectivity index (χ1v) is 8.01. The Labute approximate surface area is 149 Å². The second kappa shape index (κ2) is 6.29. The van der Waals surface area contributed by atoms with Crippen LogP contribution in [0.15, 0.2) is 78.9 Å². The summed E-state index contributed by atoms with van der Waals surface area (Å²) in [6.07, 6.45) is 0. The Morgan fingerprint density at radius 3 is 1.88 bits per heavy atom. The Balaban J connectivity index is 1.70. The number of para-hydroxylation sites is 2. The lowest BCUT2D eigenvalue weighted by Gasteiger charge is -2.17. The lowest BCUT2D eigenvalue weighted by atomic mass is 10.1. The van der Waals surface area contributed by atoms with E-state index in [2.05, 4.69) is 0 Å². The fraction of sp³-hybridized carbons (Fsp3) is 0. The second-order valence-corrected chi connectivity index (χ2v) is 5.71. The maximum Gasteiger partial charge on any atom is 0.343 e. The van der Waals surface area contributed by atoms with Crippen molar-refractivity contribution in [1.29, 1.82) is 0 Å². The normalized spacial score (nSPS) is 12.8. The van der Waals surface area contributed by atoms with Crippen molar-refractivity contribution in [2.24, 2.45) is 0 Å². The van der Waals surface area contributed by atoms with Gasteiger partial charge in [-0.3, -0.25) is 9.59 Å². The second-order valence-electron chi connectivity index (χ2n) is 5.71. The molecule has 5 heteroatoms. The number of imide groups is 1. The molecule has 0 fully saturated rings. The van der Waals surface area contributed by atoms with Crippen LogP contribution in [0, 0.1) is 0 Å². The zero-order valence-electron chi connectivity index (χ0n) is 13.6. The average Bonchev–Trinajstić information content (AvgIpc) is 2.94. The quantitative estimate of drug-likeness (QED) is 0.413. The zero-order valence-corrected chi connectivity index (χ0v) is 13.6. The molecule has 0 aromatic heterocycles. The molecule has 2 amide bonds. The molecule has 1 aliphatic heterocycles. The van der Waals surface area contributed by atoms with Crippen molar-refractivity contribution in [2.75, 3.05) is 4.90 Å². The number of ether oxygens (including phenoxy) is 1. The van der Waals surface area contributed by atoms with E-state index >= 15 is 0 Å². The van der Waals surface area contributed by atoms with Gasteiger partial charge < -0.3 is 4.74 Å². The lowest BCUT2D eigenvalue weighted by Crippen LogP contribution is -2.30. The fourth-order valence-electron chi connectivity index (χ4n) is 2.87. The molecule has 0 unspecified atom stereocenters. The summed E-state index contributed by atoms with van der Waals surface area (Å²) >= 11 is 0. The summed E-state index contributed by atoms with van der Waals surface area (Å²) in [5.41, 5.74) is 1.29. The van der Waals surface area contributed by atoms with Gasteiger partial charge in [0.05, 0.1) is 22.4 Å². The molecule has 5 nitrogen and oxygen atoms in total. The number of benzene rings is 3. The Kier molecular flexibility index (Phi) is 3.82. The predicted molar refractivity (Wildman–Crippen MR) is 95.4 cm³/mol. The Hall–Kier alpha value is -3.73. The molecule has 3 aromatic carbocycles. The van der Waals surface area contributed by atoms with Crippen LogP contribution in [0.4, 0.5) is 5.69 Å². The van der Waals surface area contributed by atoms with E-state index in [4.69, 9.17) is 4.74 Å². The van der Waals surface area contributed by atoms with Gasteiger partial charge in [-0.05, 0) is 36.4 Å². The van der Waals surface area contributed by atoms with E-state index in [1.807, 2.05) is 0 Å². The Morgan fingerprint density at radius 1 is 0.692 bits per heavy atom. The number of hydrogen-bond acceptors (Lipinski definition) is 4. The third-order valence-electron chi connectivity index (χ3n) is 4.11. The molecule has 1 heterocycles. The van der Waals surface area contributed by atoms with E-state index in [9.17, 15) is 14.4 Å². The van der Waals surface area contributed by atoms with Crippen molar-refractivity contribution < 1.29 is 19.1 Å². The SMILES string of the molecule is O=C(Oc1ccccc1N1C(=O)c2ccccc2C1=O)c1ccccc1. The topological polar surface area (TPSA) is 63.7 Å². The molecule has 4 rings (SSSR count). The number of anilines is 1. The largest absolute Gasteiger partial charge is 0.421 e. The molecule has 126 valence electrons. The van der Waals surface area contributed by atoms with Crippen molar-refractivity contribution in [1.82, 2.24) is 0 Å². The van der Waals surface area contributed by atoms with Gasteiger partial charge >= 0.3 is 5.97 Å². The summed E-state index contributed by atoms with van der Waals surface area (Å²) < 4.78 is 5.45. The Morgan fingerprint density at radius 2 is 1.23 bits per heavy atom. The van der Waals surface area contributed by atoms with Gasteiger partial charge in [-0.25, -0.2) is 9.69 Å². The van der Waals surface area contributed by atoms with Crippen LogP contribution in [0.1, 0.15) is 31.1 Å². The van der Waals surface area contributed by atoms with E-state index in [1.54, 1.807) is 78.9 Å². The van der Waals surface area contributed by atoms with Crippen LogP contribution >= 0.6 is 0 Å². The molecule has 1 aliphatic rings. The molecule has 0 radical (unpaired) electrons. The number of fused-ring (bicyclic) bond motifs is 1. The van der Waals surface area contributed by atoms with Crippen molar-refractivity contribution in [3.8, 4) is 5.75 Å². The molecule has 26 heavy (non-hydrogen) atoms. The fourth-order valence-corrected chi connectivity index (χ4v) is 2.87. The first kappa shape index (κ1) is 15.8. The highest BCUT2D eigenvalue weighted by atomic mass is 16.5. The van der Waals surface area contributed by atoms with Crippen molar-refractivity contribution in [2.45, 2.75) is 0 Å². The number of rotatable bonds is 3. The van der Waals surface area contributed by atoms with Crippen LogP contribution in [0.3, 0.4) is 0 Å². The minimum absolute atomic E-state index is 0.149. The zero-order chi connectivity index (χ0) is 18.1. The number of amides is 2. The highest BCUT2D eigenvalue weighted by Crippen LogP contribution is 2.35. The molecule has 0 aliphatic carbocycles. The van der Waals surface area contributed by atoms with Crippen LogP contribution in [0.2, 0.25) is 0 Å². The van der Waals surface area contributed by atoms with Crippen LogP contribution in [-0.2, 0) is 0 Å². The number of hydrogen-bond donors (Lipinski definition) is 0. The van der Waals surface area contributed by atoms with Crippen LogP contribution in [0.5, 0.6) is 5.75 Å². The van der Waals surface area contributed by atoms with Gasteiger partial charge in [0.15, 0.2) is 5.75 Å². The summed E-state index contributed by atoms with van der Waals surface area (Å²) in [7, 11) is 0. The van der Waals surface area contributed by atoms with Crippen molar-refractivity contribution in [3.63, 3.8) is 0 Å². The summed E-state index contributed by atoms with van der Waals surface area (Å²) in [6, 6.07) is 21.6. The van der Waals surface area contributed by atoms with Gasteiger partial charge in [-0.1, -0.05) is 42.5 Å². The first-order chi connectivity index (χ1) is 12.7. The number of esters is 1. The van der Waals surface area contributed by atoms with E-state index in [0.29, 0.717) is 16.7 Å². The number of carbonyl (C=O) groups is 3. The van der Waals surface area contributed by atoms with Gasteiger partial charge in [0.2, 0.25) is 0 Å². The van der Waals surface area contributed by atoms with E-state index in [1.165, 1.54) is 0 Å². The standard InChI is InChI=1S/C21H13NO4/c23-19-15-10-4-5-11-16(15)20(24)22(19)17-12-6-7-13-18(17)26-21(25)14-8-2-1-3-9-14/h1-13H. The third kappa shape index (κ3) is 2.56. The molecule has 3 aromatic rings. The third-order valence-corrected chi connectivity index (χ3v) is 4.11. The molecule has 0 N–H and O–H groups in total. The monoisotopic (exact) mass is 343 g/mol. The van der Waals surface area contributed by atoms with Gasteiger partial charge in [0.1, 0.15) is 0 Å². The smallest absolute Gasteiger partial charge is 0.343 e. The molecule has 0 spiro atoms. The van der Waals surface area contributed by atoms with Gasteiger partial charge in [0, 0.05) is 0 Å². The number of carbonyl (C=O) groups excluding carboxylic acids is 3. The van der Waals surface area contributed by atoms with Crippen molar-refractivity contribution >= 4 is 23.5 Å². The predicted octanol–water partition coefficient (Wildman–Crippen LogP) is 3.71. The van der Waals surface area contributed by atoms with Crippen LogP contribution in [-0.4, -0.2) is 17.8 Å². The van der Waals surface area contributed by atoms with Gasteiger partial charge in [-0.15, -0.1) is 0 Å². The van der Waals surface area contributed by atoms with Gasteiger partial charge in [0.25, 0.3) is 11.8 Å². The summed E-state index contributed by atoms with van der Waals surface area (Å²) in [4.78, 5) is 38.8. The Bertz CT molecular complexity index is 992. The van der Waals surface area contributed by atoms with E-state index in [-0.39, 0.29) is 11.4 Å². The van der Waals surface area contributed by atoms with E-state index < -0.39 is 17.8 Å². The molecular formula is C21H13NO4. The van der Waals surface area contributed by atoms with Crippen LogP contribution < -0.4 is 9.64 Å². The van der Waals surface area contributed by atoms with E-state index in [0.717, 1.165) is 4.90 Å². The first-order valence-electron chi connectivity index (χ1n) is 8.01. The average molecular weight is 343 g/mol. The van der Waals surface area contributed by atoms with Gasteiger partial charge in [-0.2, -0.15) is 0 Å². The maximum absolute atomic E-state index is 12.7. The molecule has 0 bridgehead atoms. The molecule has 0 saturated carbocycles. The highest BCUT2D eigenvalue weighted by Gasteiger charge is 2.37. The maximum atomic E-state index is 12.7. The van der Waals surface area contributed by atoms with Crippen molar-refractivity contribution in [3.05, 3.63) is 95.6 Å². The molecule has 0 atom stereocenters. The summed E-state index contributed by atoms with van der Waals surface area (Å²) in [5, 5.41) is 0. The molecule has 0 saturated heterocycles. The van der Waals surface area contributed by atoms with Crippen LogP contribution in [0.25, 0.3) is 0 Å².